The summed E-state index contributed by atoms with van der Waals surface area (Å²) in [6.45, 7) is -0.414. The van der Waals surface area contributed by atoms with Gasteiger partial charge in [-0.1, -0.05) is 25.0 Å². The summed E-state index contributed by atoms with van der Waals surface area (Å²) in [5.41, 5.74) is 4.85. The van der Waals surface area contributed by atoms with Gasteiger partial charge in [0.15, 0.2) is 6.23 Å². The molecule has 0 saturated carbocycles. The molecule has 350 valence electrons. The summed E-state index contributed by atoms with van der Waals surface area (Å²) in [5, 5.41) is 35.4. The molecule has 3 fully saturated rings. The quantitative estimate of drug-likeness (QED) is 0.0185. The molecule has 9 N–H and O–H groups in total. The minimum Gasteiger partial charge on any atom is -0.790 e. The molecule has 4 rings (SSSR count). The van der Waals surface area contributed by atoms with Gasteiger partial charge in [0.25, 0.3) is 15.6 Å². The van der Waals surface area contributed by atoms with Gasteiger partial charge in [-0.3, -0.25) is 32.4 Å². The number of aliphatic hydroxyl groups excluding tert-OH is 2. The summed E-state index contributed by atoms with van der Waals surface area (Å²) < 4.78 is 50.5. The molecule has 3 saturated heterocycles. The van der Waals surface area contributed by atoms with Gasteiger partial charge in [0.1, 0.15) is 24.1 Å². The zero-order chi connectivity index (χ0) is 45.7. The molecule has 5 amide bonds. The molecular formula is C32H49Li4N8O18P3S. The van der Waals surface area contributed by atoms with E-state index in [9.17, 15) is 67.5 Å². The number of carbonyl (C=O) groups excluding carboxylic acids is 4. The topological polar surface area (TPSA) is 410 Å². The molecule has 1 aromatic heterocycles. The van der Waals surface area contributed by atoms with Crippen molar-refractivity contribution in [1.82, 2.24) is 36.1 Å². The van der Waals surface area contributed by atoms with Crippen LogP contribution in [0.4, 0.5) is 10.6 Å². The van der Waals surface area contributed by atoms with E-state index in [1.165, 1.54) is 12.2 Å². The third-order valence-electron chi connectivity index (χ3n) is 9.52. The van der Waals surface area contributed by atoms with Crippen LogP contribution in [-0.4, -0.2) is 111 Å². The number of phosphoric acid groups is 3. The van der Waals surface area contributed by atoms with Crippen LogP contribution in [0, 0.1) is 0 Å². The molecule has 1 aromatic rings. The fourth-order valence-corrected chi connectivity index (χ4v) is 11.0. The summed E-state index contributed by atoms with van der Waals surface area (Å²) in [4.78, 5) is 108. The van der Waals surface area contributed by atoms with Gasteiger partial charge in [-0.25, -0.2) is 13.9 Å². The van der Waals surface area contributed by atoms with Crippen LogP contribution in [-0.2, 0) is 46.0 Å². The Hall–Kier alpha value is -0.870. The van der Waals surface area contributed by atoms with E-state index in [0.717, 1.165) is 44.1 Å². The number of phosphoric ester groups is 1. The van der Waals surface area contributed by atoms with Gasteiger partial charge in [0.2, 0.25) is 17.7 Å². The number of aliphatic hydroxyl groups is 2. The number of urea groups is 1. The van der Waals surface area contributed by atoms with E-state index in [1.807, 2.05) is 11.8 Å². The Kier molecular flexibility index (Phi) is 30.4. The van der Waals surface area contributed by atoms with Crippen LogP contribution in [0.25, 0.3) is 6.08 Å². The molecule has 0 aromatic carbocycles. The molecule has 9 atom stereocenters. The average Bonchev–Trinajstić information content (AvgIpc) is 3.81. The first-order valence-corrected chi connectivity index (χ1v) is 24.8. The third kappa shape index (κ3) is 22.5. The van der Waals surface area contributed by atoms with Gasteiger partial charge in [-0.2, -0.15) is 16.7 Å². The van der Waals surface area contributed by atoms with Crippen molar-refractivity contribution in [2.24, 2.45) is 0 Å². The number of amides is 5. The minimum absolute atomic E-state index is 0. The molecule has 0 spiro atoms. The van der Waals surface area contributed by atoms with Crippen LogP contribution in [0.1, 0.15) is 76.0 Å². The van der Waals surface area contributed by atoms with E-state index in [-0.39, 0.29) is 142 Å². The smallest absolute Gasteiger partial charge is 0.790 e. The second-order valence-electron chi connectivity index (χ2n) is 14.3. The average molecular weight is 987 g/mol. The summed E-state index contributed by atoms with van der Waals surface area (Å²) in [6.07, 6.45) is 2.59. The number of nitrogens with one attached hydrogen (secondary N) is 5. The monoisotopic (exact) mass is 986 g/mol. The molecule has 4 heterocycles. The first kappa shape index (κ1) is 65.1. The van der Waals surface area contributed by atoms with E-state index in [1.54, 1.807) is 0 Å². The Morgan fingerprint density at radius 2 is 1.47 bits per heavy atom. The Balaban J connectivity index is 0.0000106. The van der Waals surface area contributed by atoms with Gasteiger partial charge in [-0.15, -0.1) is 0 Å². The van der Waals surface area contributed by atoms with Crippen molar-refractivity contribution >= 4 is 70.9 Å². The maximum absolute atomic E-state index is 12.6. The van der Waals surface area contributed by atoms with Crippen molar-refractivity contribution in [2.75, 3.05) is 37.7 Å². The number of anilines is 1. The number of hydrogen-bond donors (Lipinski definition) is 8. The third-order valence-corrected chi connectivity index (χ3v) is 14.7. The number of rotatable bonds is 26. The number of aromatic nitrogens is 2. The predicted octanol–water partition coefficient (Wildman–Crippen LogP) is -15.3. The molecule has 0 bridgehead atoms. The maximum Gasteiger partial charge on any atom is 1.00 e. The summed E-state index contributed by atoms with van der Waals surface area (Å²) >= 11 is 1.85. The van der Waals surface area contributed by atoms with Gasteiger partial charge in [-0.05, 0) is 32.1 Å². The van der Waals surface area contributed by atoms with Crippen LogP contribution < -0.4 is 133 Å². The van der Waals surface area contributed by atoms with Crippen molar-refractivity contribution in [1.29, 1.82) is 0 Å². The molecule has 66 heavy (non-hydrogen) atoms. The number of hydrogen-bond acceptors (Lipinski definition) is 21. The number of ether oxygens (including phenoxy) is 1. The number of nitrogens with zero attached hydrogens (tertiary/aromatic N) is 2. The number of unbranched alkanes of at least 4 members (excludes halogenated alkanes) is 3. The first-order chi connectivity index (χ1) is 29.1. The standard InChI is InChI=1S/C32H53N8O18P3S.4Li/c33-29-19(16-40(32(47)39-29)30-28(45)27(44)21(56-30)17-55-60(51,52)58-61(53,54)57-59(48,49)50)8-6-14-35-25(43)12-7-15-36-23(41)10-2-1-5-13-34-24(42)11-4-3-9-22-26-20(18-62-22)37-31(46)38-26;;;;/h6,8,16,20-22,26-28,30,44-45H,1-5,7,9-15,17-18H2,(H,34,42)(H,35,43)(H,36,41)(H,51,52)(H,53,54)(H2,33,39,47)(H2,37,38,46)(H2,48,49,50);;;;/q;4*+1/p-4. The van der Waals surface area contributed by atoms with E-state index in [2.05, 4.69) is 44.7 Å². The predicted molar refractivity (Wildman–Crippen MR) is 209 cm³/mol. The maximum atomic E-state index is 12.6. The van der Waals surface area contributed by atoms with Gasteiger partial charge < -0.3 is 75.9 Å². The first-order valence-electron chi connectivity index (χ1n) is 19.4. The molecule has 34 heteroatoms. The minimum atomic E-state index is -6.26. The van der Waals surface area contributed by atoms with Crippen LogP contribution >= 0.6 is 35.2 Å². The summed E-state index contributed by atoms with van der Waals surface area (Å²) in [5.74, 6) is 0.152. The van der Waals surface area contributed by atoms with Crippen molar-refractivity contribution in [3.63, 3.8) is 0 Å². The Morgan fingerprint density at radius 1 is 0.864 bits per heavy atom. The summed E-state index contributed by atoms with van der Waals surface area (Å²) in [6, 6.07) is 0.246. The fraction of sp³-hybridized carbons (Fsp3) is 0.688. The number of carbonyl (C=O) groups is 4. The molecule has 3 aliphatic heterocycles. The van der Waals surface area contributed by atoms with Gasteiger partial charge in [0.05, 0.1) is 26.5 Å². The normalized spacial score (nSPS) is 23.8. The SMILES string of the molecule is Nc1nc(=O)n(C2OC(COP(=O)([O-])OP(=O)([O-])OP(=O)([O-])[O-])C(O)C2O)cc1C=CCNC(=O)CCCNC(=O)CCCCCNC(=O)CCCCC1SCC2NC(=O)NC21.[Li+].[Li+].[Li+].[Li+]. The van der Waals surface area contributed by atoms with Crippen LogP contribution in [0.15, 0.2) is 17.1 Å². The summed E-state index contributed by atoms with van der Waals surface area (Å²) in [7, 11) is -18.4. The van der Waals surface area contributed by atoms with E-state index < -0.39 is 60.3 Å². The van der Waals surface area contributed by atoms with E-state index >= 15 is 0 Å². The molecule has 0 aliphatic carbocycles. The van der Waals surface area contributed by atoms with Crippen molar-refractivity contribution in [3.05, 3.63) is 28.3 Å². The number of fused-ring (bicyclic) bond motifs is 1. The molecule has 3 aliphatic rings. The Morgan fingerprint density at radius 3 is 2.12 bits per heavy atom. The molecule has 0 radical (unpaired) electrons. The number of thioether (sulfide) groups is 1. The Bertz CT molecular complexity index is 2000. The van der Waals surface area contributed by atoms with Crippen LogP contribution in [0.3, 0.4) is 0 Å². The Labute approximate surface area is 432 Å². The number of nitrogens with two attached hydrogens (primary N) is 1. The van der Waals surface area contributed by atoms with Crippen molar-refractivity contribution in [3.8, 4) is 0 Å². The second kappa shape index (κ2) is 30.8. The molecular weight excluding hydrogens is 937 g/mol. The van der Waals surface area contributed by atoms with Gasteiger partial charge in [0, 0.05) is 61.7 Å². The van der Waals surface area contributed by atoms with E-state index in [4.69, 9.17) is 10.5 Å². The zero-order valence-corrected chi connectivity index (χ0v) is 40.5. The molecule has 9 unspecified atom stereocenters. The zero-order valence-electron chi connectivity index (χ0n) is 37.0. The van der Waals surface area contributed by atoms with E-state index in [0.29, 0.717) is 42.0 Å². The number of nitrogen functional groups attached to an aromatic ring is 1. The second-order valence-corrected chi connectivity index (χ2v) is 19.8. The fourth-order valence-electron chi connectivity index (χ4n) is 6.54. The van der Waals surface area contributed by atoms with Crippen LogP contribution in [0.5, 0.6) is 0 Å². The largest absolute Gasteiger partial charge is 1.00 e. The van der Waals surface area contributed by atoms with Gasteiger partial charge >= 0.3 is 87.2 Å². The molecule has 26 nitrogen and oxygen atoms in total. The van der Waals surface area contributed by atoms with Crippen LogP contribution in [0.2, 0.25) is 0 Å². The van der Waals surface area contributed by atoms with Crippen molar-refractivity contribution < 1.29 is 156 Å². The van der Waals surface area contributed by atoms with Crippen molar-refractivity contribution in [2.45, 2.75) is 106 Å².